The van der Waals surface area contributed by atoms with Gasteiger partial charge in [0.2, 0.25) is 5.95 Å². The Morgan fingerprint density at radius 1 is 1.35 bits per heavy atom. The second-order valence-corrected chi connectivity index (χ2v) is 4.60. The average Bonchev–Trinajstić information content (AvgIpc) is 3.00. The van der Waals surface area contributed by atoms with Crippen LogP contribution < -0.4 is 10.6 Å². The van der Waals surface area contributed by atoms with Crippen LogP contribution in [0.25, 0.3) is 0 Å². The van der Waals surface area contributed by atoms with Crippen LogP contribution in [0.15, 0.2) is 6.20 Å². The number of hydrogen-bond acceptors (Lipinski definition) is 6. The lowest BCUT2D eigenvalue weighted by molar-refractivity contribution is 0.120. The van der Waals surface area contributed by atoms with Gasteiger partial charge in [0.1, 0.15) is 0 Å². The number of nitrogens with one attached hydrogen (secondary N) is 2. The Morgan fingerprint density at radius 3 is 3.06 bits per heavy atom. The zero-order chi connectivity index (χ0) is 11.5. The van der Waals surface area contributed by atoms with Gasteiger partial charge < -0.3 is 15.4 Å². The first-order chi connectivity index (χ1) is 8.40. The maximum absolute atomic E-state index is 5.53. The highest BCUT2D eigenvalue weighted by atomic mass is 16.5. The molecule has 1 aliphatic heterocycles. The summed E-state index contributed by atoms with van der Waals surface area (Å²) in [6.45, 7) is 1.63. The maximum Gasteiger partial charge on any atom is 0.244 e. The molecule has 1 saturated heterocycles. The highest BCUT2D eigenvalue weighted by Crippen LogP contribution is 2.23. The van der Waals surface area contributed by atoms with Gasteiger partial charge in [-0.3, -0.25) is 0 Å². The summed E-state index contributed by atoms with van der Waals surface area (Å²) >= 11 is 0. The van der Waals surface area contributed by atoms with Crippen LogP contribution in [0.2, 0.25) is 0 Å². The molecule has 92 valence electrons. The standard InChI is InChI=1S/C11H17N5O/c1-2-9(17-5-1)6-12-11-15-10(7-13-16-11)14-8-3-4-8/h7-9H,1-6H2,(H2,12,14,15,16). The summed E-state index contributed by atoms with van der Waals surface area (Å²) in [5, 5.41) is 14.4. The molecule has 3 rings (SSSR count). The van der Waals surface area contributed by atoms with E-state index in [1.165, 1.54) is 12.8 Å². The van der Waals surface area contributed by atoms with Crippen molar-refractivity contribution in [1.29, 1.82) is 0 Å². The van der Waals surface area contributed by atoms with Gasteiger partial charge in [0.05, 0.1) is 12.3 Å². The Bertz CT molecular complexity index is 376. The largest absolute Gasteiger partial charge is 0.376 e. The van der Waals surface area contributed by atoms with Gasteiger partial charge in [-0.1, -0.05) is 0 Å². The van der Waals surface area contributed by atoms with Crippen LogP contribution in [0.3, 0.4) is 0 Å². The third kappa shape index (κ3) is 3.03. The van der Waals surface area contributed by atoms with E-state index in [9.17, 15) is 0 Å². The normalized spacial score (nSPS) is 23.6. The maximum atomic E-state index is 5.53. The second-order valence-electron chi connectivity index (χ2n) is 4.60. The van der Waals surface area contributed by atoms with Crippen molar-refractivity contribution in [3.63, 3.8) is 0 Å². The number of ether oxygens (including phenoxy) is 1. The zero-order valence-electron chi connectivity index (χ0n) is 9.72. The molecule has 6 heteroatoms. The lowest BCUT2D eigenvalue weighted by Gasteiger charge is -2.10. The Balaban J connectivity index is 1.53. The van der Waals surface area contributed by atoms with Crippen molar-refractivity contribution in [3.8, 4) is 0 Å². The molecule has 1 atom stereocenters. The molecule has 6 nitrogen and oxygen atoms in total. The first-order valence-corrected chi connectivity index (χ1v) is 6.22. The van der Waals surface area contributed by atoms with E-state index < -0.39 is 0 Å². The van der Waals surface area contributed by atoms with Crippen molar-refractivity contribution in [2.45, 2.75) is 37.8 Å². The Kier molecular flexibility index (Phi) is 3.04. The van der Waals surface area contributed by atoms with Crippen LogP contribution in [0.5, 0.6) is 0 Å². The van der Waals surface area contributed by atoms with Crippen molar-refractivity contribution < 1.29 is 4.74 Å². The van der Waals surface area contributed by atoms with Crippen LogP contribution in [0.4, 0.5) is 11.8 Å². The van der Waals surface area contributed by atoms with E-state index in [2.05, 4.69) is 25.8 Å². The molecular weight excluding hydrogens is 218 g/mol. The molecular formula is C11H17N5O. The molecule has 1 aromatic heterocycles. The molecule has 0 amide bonds. The van der Waals surface area contributed by atoms with Crippen LogP contribution in [-0.4, -0.2) is 40.5 Å². The summed E-state index contributed by atoms with van der Waals surface area (Å²) in [6.07, 6.45) is 6.66. The van der Waals surface area contributed by atoms with Crippen molar-refractivity contribution in [1.82, 2.24) is 15.2 Å². The molecule has 0 radical (unpaired) electrons. The first-order valence-electron chi connectivity index (χ1n) is 6.22. The van der Waals surface area contributed by atoms with Gasteiger partial charge in [-0.25, -0.2) is 0 Å². The lowest BCUT2D eigenvalue weighted by Crippen LogP contribution is -2.20. The van der Waals surface area contributed by atoms with Gasteiger partial charge in [0.15, 0.2) is 5.82 Å². The number of rotatable bonds is 5. The molecule has 2 aliphatic rings. The van der Waals surface area contributed by atoms with E-state index in [-0.39, 0.29) is 0 Å². The molecule has 2 N–H and O–H groups in total. The third-order valence-corrected chi connectivity index (χ3v) is 3.00. The SMILES string of the molecule is c1nnc(NCC2CCCO2)nc1NC1CC1. The second kappa shape index (κ2) is 4.83. The Hall–Kier alpha value is -1.43. The monoisotopic (exact) mass is 235 g/mol. The van der Waals surface area contributed by atoms with Gasteiger partial charge in [0, 0.05) is 19.2 Å². The van der Waals surface area contributed by atoms with E-state index in [0.717, 1.165) is 31.8 Å². The molecule has 2 fully saturated rings. The van der Waals surface area contributed by atoms with E-state index in [0.29, 0.717) is 18.1 Å². The molecule has 1 aromatic rings. The molecule has 1 aliphatic carbocycles. The Morgan fingerprint density at radius 2 is 2.29 bits per heavy atom. The van der Waals surface area contributed by atoms with Gasteiger partial charge in [-0.15, -0.1) is 5.10 Å². The minimum absolute atomic E-state index is 0.290. The van der Waals surface area contributed by atoms with Crippen LogP contribution in [-0.2, 0) is 4.74 Å². The smallest absolute Gasteiger partial charge is 0.244 e. The number of aromatic nitrogens is 3. The predicted molar refractivity (Wildman–Crippen MR) is 63.9 cm³/mol. The molecule has 0 bridgehead atoms. The number of hydrogen-bond donors (Lipinski definition) is 2. The average molecular weight is 235 g/mol. The molecule has 2 heterocycles. The first kappa shape index (κ1) is 10.7. The van der Waals surface area contributed by atoms with E-state index in [1.807, 2.05) is 0 Å². The fourth-order valence-corrected chi connectivity index (χ4v) is 1.90. The minimum Gasteiger partial charge on any atom is -0.376 e. The number of nitrogens with zero attached hydrogens (tertiary/aromatic N) is 3. The zero-order valence-corrected chi connectivity index (χ0v) is 9.72. The van der Waals surface area contributed by atoms with Crippen LogP contribution in [0, 0.1) is 0 Å². The summed E-state index contributed by atoms with van der Waals surface area (Å²) in [4.78, 5) is 4.36. The minimum atomic E-state index is 0.290. The highest BCUT2D eigenvalue weighted by molar-refractivity contribution is 5.38. The lowest BCUT2D eigenvalue weighted by atomic mass is 10.2. The van der Waals surface area contributed by atoms with E-state index >= 15 is 0 Å². The fraction of sp³-hybridized carbons (Fsp3) is 0.727. The van der Waals surface area contributed by atoms with E-state index in [1.54, 1.807) is 6.20 Å². The quantitative estimate of drug-likeness (QED) is 0.794. The molecule has 1 unspecified atom stereocenters. The van der Waals surface area contributed by atoms with Crippen LogP contribution in [0.1, 0.15) is 25.7 Å². The molecule has 17 heavy (non-hydrogen) atoms. The van der Waals surface area contributed by atoms with Crippen molar-refractivity contribution in [2.24, 2.45) is 0 Å². The highest BCUT2D eigenvalue weighted by Gasteiger charge is 2.21. The van der Waals surface area contributed by atoms with Crippen molar-refractivity contribution >= 4 is 11.8 Å². The van der Waals surface area contributed by atoms with E-state index in [4.69, 9.17) is 4.74 Å². The van der Waals surface area contributed by atoms with Gasteiger partial charge in [-0.2, -0.15) is 10.1 Å². The molecule has 0 aromatic carbocycles. The number of anilines is 2. The van der Waals surface area contributed by atoms with Crippen LogP contribution >= 0.6 is 0 Å². The molecule has 1 saturated carbocycles. The summed E-state index contributed by atoms with van der Waals surface area (Å²) in [5.41, 5.74) is 0. The molecule has 0 spiro atoms. The summed E-state index contributed by atoms with van der Waals surface area (Å²) in [5.74, 6) is 1.38. The fourth-order valence-electron chi connectivity index (χ4n) is 1.90. The summed E-state index contributed by atoms with van der Waals surface area (Å²) in [6, 6.07) is 0.581. The predicted octanol–water partition coefficient (Wildman–Crippen LogP) is 1.04. The Labute approximate surface area is 100 Å². The summed E-state index contributed by atoms with van der Waals surface area (Å²) < 4.78 is 5.53. The third-order valence-electron chi connectivity index (χ3n) is 3.00. The van der Waals surface area contributed by atoms with Crippen molar-refractivity contribution in [2.75, 3.05) is 23.8 Å². The topological polar surface area (TPSA) is 72.0 Å². The van der Waals surface area contributed by atoms with Gasteiger partial charge in [0.25, 0.3) is 0 Å². The van der Waals surface area contributed by atoms with Crippen molar-refractivity contribution in [3.05, 3.63) is 6.20 Å². The summed E-state index contributed by atoms with van der Waals surface area (Å²) in [7, 11) is 0. The van der Waals surface area contributed by atoms with Gasteiger partial charge >= 0.3 is 0 Å². The van der Waals surface area contributed by atoms with Gasteiger partial charge in [-0.05, 0) is 25.7 Å².